The van der Waals surface area contributed by atoms with Crippen molar-refractivity contribution in [3.63, 3.8) is 0 Å². The second-order valence-corrected chi connectivity index (χ2v) is 8.94. The summed E-state index contributed by atoms with van der Waals surface area (Å²) in [5.74, 6) is 0.709. The van der Waals surface area contributed by atoms with Crippen LogP contribution in [0.2, 0.25) is 0 Å². The number of ether oxygens (including phenoxy) is 1. The molecule has 13 heteroatoms. The zero-order chi connectivity index (χ0) is 21.8. The van der Waals surface area contributed by atoms with Gasteiger partial charge in [0.25, 0.3) is 0 Å². The number of hydrogen-bond donors (Lipinski definition) is 2. The number of nitrogens with zero attached hydrogens (tertiary/aromatic N) is 5. The third-order valence-corrected chi connectivity index (χ3v) is 6.04. The molecule has 0 radical (unpaired) electrons. The Hall–Kier alpha value is -2.35. The minimum Gasteiger partial charge on any atom is -0.378 e. The number of hydrogen-bond acceptors (Lipinski definition) is 9. The van der Waals surface area contributed by atoms with E-state index in [0.717, 1.165) is 32.1 Å². The number of amides is 1. The van der Waals surface area contributed by atoms with Gasteiger partial charge in [-0.3, -0.25) is 14.3 Å². The predicted molar refractivity (Wildman–Crippen MR) is 113 cm³/mol. The topological polar surface area (TPSA) is 155 Å². The minimum atomic E-state index is -4.04. The van der Waals surface area contributed by atoms with E-state index >= 15 is 0 Å². The number of aromatic nitrogens is 4. The first-order valence-corrected chi connectivity index (χ1v) is 11.9. The van der Waals surface area contributed by atoms with Gasteiger partial charge < -0.3 is 14.2 Å². The van der Waals surface area contributed by atoms with Gasteiger partial charge in [0, 0.05) is 19.0 Å². The van der Waals surface area contributed by atoms with Crippen LogP contribution in [-0.4, -0.2) is 66.8 Å². The van der Waals surface area contributed by atoms with Gasteiger partial charge in [0.15, 0.2) is 17.0 Å². The summed E-state index contributed by atoms with van der Waals surface area (Å²) in [7, 11) is -4.04. The molecule has 12 nitrogen and oxygen atoms in total. The molecule has 1 aliphatic carbocycles. The molecule has 0 bridgehead atoms. The van der Waals surface area contributed by atoms with Crippen LogP contribution in [0.4, 0.5) is 11.8 Å². The number of carbonyl (C=O) groups excluding carboxylic acids is 1. The zero-order valence-electron chi connectivity index (χ0n) is 17.2. The van der Waals surface area contributed by atoms with E-state index in [1.807, 2.05) is 4.90 Å². The Balaban J connectivity index is 1.62. The monoisotopic (exact) mass is 453 g/mol. The van der Waals surface area contributed by atoms with Crippen LogP contribution in [0.5, 0.6) is 0 Å². The highest BCUT2D eigenvalue weighted by molar-refractivity contribution is 7.84. The normalized spacial score (nSPS) is 18.4. The molecule has 0 atom stereocenters. The SMILES string of the molecule is NS(=O)(=O)OCCn1cnc2c(N3CCOCC3)nc(NC(=O)C3CCCCC3)nc21. The number of imidazole rings is 1. The molecule has 4 rings (SSSR count). The summed E-state index contributed by atoms with van der Waals surface area (Å²) in [6.07, 6.45) is 6.54. The first kappa shape index (κ1) is 21.9. The largest absolute Gasteiger partial charge is 0.378 e. The van der Waals surface area contributed by atoms with E-state index in [1.165, 1.54) is 0 Å². The molecule has 170 valence electrons. The maximum Gasteiger partial charge on any atom is 0.333 e. The number of rotatable bonds is 7. The van der Waals surface area contributed by atoms with Gasteiger partial charge >= 0.3 is 10.3 Å². The van der Waals surface area contributed by atoms with Gasteiger partial charge in [-0.1, -0.05) is 19.3 Å². The fourth-order valence-electron chi connectivity index (χ4n) is 3.97. The number of nitrogens with one attached hydrogen (secondary N) is 1. The van der Waals surface area contributed by atoms with E-state index in [0.29, 0.717) is 43.3 Å². The van der Waals surface area contributed by atoms with Crippen LogP contribution in [-0.2, 0) is 30.6 Å². The van der Waals surface area contributed by atoms with Crippen LogP contribution in [0.25, 0.3) is 11.2 Å². The lowest BCUT2D eigenvalue weighted by Crippen LogP contribution is -2.37. The molecular weight excluding hydrogens is 426 g/mol. The smallest absolute Gasteiger partial charge is 0.333 e. The lowest BCUT2D eigenvalue weighted by Gasteiger charge is -2.28. The third kappa shape index (κ3) is 5.47. The highest BCUT2D eigenvalue weighted by Gasteiger charge is 2.24. The van der Waals surface area contributed by atoms with E-state index in [9.17, 15) is 13.2 Å². The van der Waals surface area contributed by atoms with Gasteiger partial charge in [0.05, 0.1) is 32.7 Å². The summed E-state index contributed by atoms with van der Waals surface area (Å²) < 4.78 is 33.8. The fourth-order valence-corrected chi connectivity index (χ4v) is 4.28. The number of fused-ring (bicyclic) bond motifs is 1. The molecule has 0 aromatic carbocycles. The minimum absolute atomic E-state index is 0.0343. The van der Waals surface area contributed by atoms with Crippen molar-refractivity contribution in [2.24, 2.45) is 11.1 Å². The Morgan fingerprint density at radius 3 is 2.68 bits per heavy atom. The fraction of sp³-hybridized carbons (Fsp3) is 0.667. The van der Waals surface area contributed by atoms with Crippen molar-refractivity contribution < 1.29 is 22.1 Å². The highest BCUT2D eigenvalue weighted by atomic mass is 32.2. The van der Waals surface area contributed by atoms with Gasteiger partial charge in [0.1, 0.15) is 0 Å². The van der Waals surface area contributed by atoms with Crippen molar-refractivity contribution in [2.45, 2.75) is 38.6 Å². The van der Waals surface area contributed by atoms with E-state index in [1.54, 1.807) is 10.9 Å². The first-order valence-electron chi connectivity index (χ1n) is 10.4. The number of morpholine rings is 1. The molecule has 1 saturated heterocycles. The summed E-state index contributed by atoms with van der Waals surface area (Å²) >= 11 is 0. The van der Waals surface area contributed by atoms with Crippen LogP contribution in [0, 0.1) is 5.92 Å². The van der Waals surface area contributed by atoms with Crippen molar-refractivity contribution >= 4 is 39.1 Å². The summed E-state index contributed by atoms with van der Waals surface area (Å²) in [6, 6.07) is 0. The highest BCUT2D eigenvalue weighted by Crippen LogP contribution is 2.27. The molecule has 0 unspecified atom stereocenters. The van der Waals surface area contributed by atoms with Crippen molar-refractivity contribution in [3.8, 4) is 0 Å². The Bertz CT molecular complexity index is 1030. The average Bonchev–Trinajstić information content (AvgIpc) is 3.16. The quantitative estimate of drug-likeness (QED) is 0.606. The third-order valence-electron chi connectivity index (χ3n) is 5.55. The second kappa shape index (κ2) is 9.42. The lowest BCUT2D eigenvalue weighted by atomic mass is 9.89. The second-order valence-electron chi connectivity index (χ2n) is 7.72. The molecule has 2 aromatic rings. The lowest BCUT2D eigenvalue weighted by molar-refractivity contribution is -0.120. The Morgan fingerprint density at radius 1 is 1.23 bits per heavy atom. The molecule has 1 saturated carbocycles. The van der Waals surface area contributed by atoms with Gasteiger partial charge in [-0.2, -0.15) is 18.4 Å². The number of anilines is 2. The van der Waals surface area contributed by atoms with Crippen LogP contribution in [0.15, 0.2) is 6.33 Å². The summed E-state index contributed by atoms with van der Waals surface area (Å²) in [5.41, 5.74) is 1.04. The number of nitrogens with two attached hydrogens (primary N) is 1. The molecule has 31 heavy (non-hydrogen) atoms. The maximum atomic E-state index is 12.7. The van der Waals surface area contributed by atoms with E-state index < -0.39 is 10.3 Å². The molecule has 3 heterocycles. The van der Waals surface area contributed by atoms with Crippen molar-refractivity contribution in [1.82, 2.24) is 19.5 Å². The van der Waals surface area contributed by atoms with Crippen LogP contribution in [0.1, 0.15) is 32.1 Å². The van der Waals surface area contributed by atoms with E-state index in [4.69, 9.17) is 9.88 Å². The van der Waals surface area contributed by atoms with E-state index in [-0.39, 0.29) is 30.9 Å². The van der Waals surface area contributed by atoms with Crippen LogP contribution >= 0.6 is 0 Å². The summed E-state index contributed by atoms with van der Waals surface area (Å²) in [5, 5.41) is 7.77. The van der Waals surface area contributed by atoms with Crippen LogP contribution < -0.4 is 15.4 Å². The van der Waals surface area contributed by atoms with Gasteiger partial charge in [-0.05, 0) is 12.8 Å². The number of carbonyl (C=O) groups is 1. The summed E-state index contributed by atoms with van der Waals surface area (Å²) in [4.78, 5) is 28.3. The van der Waals surface area contributed by atoms with Gasteiger partial charge in [-0.25, -0.2) is 10.1 Å². The van der Waals surface area contributed by atoms with Crippen molar-refractivity contribution in [1.29, 1.82) is 0 Å². The standard InChI is InChI=1S/C18H27N7O5S/c19-31(27,28)30-11-8-25-12-20-14-15(24-6-9-29-10-7-24)21-18(22-16(14)25)23-17(26)13-4-2-1-3-5-13/h12-13H,1-11H2,(H2,19,27,28)(H,21,22,23,26). The molecule has 2 aromatic heterocycles. The van der Waals surface area contributed by atoms with Crippen molar-refractivity contribution in [3.05, 3.63) is 6.33 Å². The zero-order valence-corrected chi connectivity index (χ0v) is 18.0. The first-order chi connectivity index (χ1) is 14.9. The summed E-state index contributed by atoms with van der Waals surface area (Å²) in [6.45, 7) is 2.43. The Kier molecular flexibility index (Phi) is 6.65. The van der Waals surface area contributed by atoms with Gasteiger partial charge in [-0.15, -0.1) is 0 Å². The molecular formula is C18H27N7O5S. The molecule has 0 spiro atoms. The molecule has 1 aliphatic heterocycles. The molecule has 3 N–H and O–H groups in total. The Labute approximate surface area is 180 Å². The molecule has 1 amide bonds. The van der Waals surface area contributed by atoms with E-state index in [2.05, 4.69) is 24.5 Å². The predicted octanol–water partition coefficient (Wildman–Crippen LogP) is 0.402. The maximum absolute atomic E-state index is 12.7. The van der Waals surface area contributed by atoms with Gasteiger partial charge in [0.2, 0.25) is 11.9 Å². The van der Waals surface area contributed by atoms with Crippen molar-refractivity contribution in [2.75, 3.05) is 43.1 Å². The molecule has 2 fully saturated rings. The molecule has 2 aliphatic rings. The Morgan fingerprint density at radius 2 is 1.97 bits per heavy atom. The van der Waals surface area contributed by atoms with Crippen LogP contribution in [0.3, 0.4) is 0 Å². The average molecular weight is 454 g/mol.